The quantitative estimate of drug-likeness (QED) is 0.670. The molecular weight excluding hydrogens is 368 g/mol. The van der Waals surface area contributed by atoms with E-state index < -0.39 is 15.3 Å². The van der Waals surface area contributed by atoms with E-state index >= 15 is 0 Å². The van der Waals surface area contributed by atoms with Crippen LogP contribution in [0, 0.1) is 6.92 Å². The largest absolute Gasteiger partial charge is 0.322 e. The molecule has 3 aromatic rings. The third kappa shape index (κ3) is 3.89. The highest BCUT2D eigenvalue weighted by molar-refractivity contribution is 7.93. The number of carbonyl (C=O) groups excluding carboxylic acids is 1. The lowest BCUT2D eigenvalue weighted by Crippen LogP contribution is -2.22. The number of aryl methyl sites for hydroxylation is 1. The van der Waals surface area contributed by atoms with Crippen LogP contribution in [0.2, 0.25) is 0 Å². The molecule has 0 unspecified atom stereocenters. The summed E-state index contributed by atoms with van der Waals surface area (Å²) in [4.78, 5) is 12.5. The summed E-state index contributed by atoms with van der Waals surface area (Å²) >= 11 is 1.68. The molecular formula is C19H20N2O3S2. The zero-order valence-corrected chi connectivity index (χ0v) is 16.4. The average molecular weight is 389 g/mol. The van der Waals surface area contributed by atoms with Gasteiger partial charge in [-0.15, -0.1) is 11.3 Å². The maximum atomic E-state index is 12.5. The summed E-state index contributed by atoms with van der Waals surface area (Å²) in [6, 6.07) is 12.3. The van der Waals surface area contributed by atoms with Gasteiger partial charge < -0.3 is 5.32 Å². The van der Waals surface area contributed by atoms with Gasteiger partial charge in [0.2, 0.25) is 10.0 Å². The van der Waals surface area contributed by atoms with Crippen LogP contribution in [-0.2, 0) is 10.0 Å². The molecule has 0 spiro atoms. The van der Waals surface area contributed by atoms with Crippen molar-refractivity contribution < 1.29 is 13.2 Å². The van der Waals surface area contributed by atoms with Crippen molar-refractivity contribution >= 4 is 48.7 Å². The lowest BCUT2D eigenvalue weighted by Gasteiger charge is -2.11. The highest BCUT2D eigenvalue weighted by Gasteiger charge is 2.16. The predicted molar refractivity (Wildman–Crippen MR) is 109 cm³/mol. The first-order chi connectivity index (χ1) is 12.3. The zero-order chi connectivity index (χ0) is 18.9. The molecule has 1 amide bonds. The summed E-state index contributed by atoms with van der Waals surface area (Å²) in [7, 11) is -3.40. The Balaban J connectivity index is 1.75. The molecule has 0 bridgehead atoms. The molecule has 0 aliphatic heterocycles. The molecule has 1 aromatic heterocycles. The molecule has 3 rings (SSSR count). The number of thiophene rings is 1. The number of benzene rings is 2. The Hall–Kier alpha value is -2.38. The molecule has 7 heteroatoms. The molecule has 2 aromatic carbocycles. The molecule has 0 radical (unpaired) electrons. The maximum absolute atomic E-state index is 12.5. The van der Waals surface area contributed by atoms with Gasteiger partial charge in [0.25, 0.3) is 5.91 Å². The number of hydrogen-bond donors (Lipinski definition) is 2. The van der Waals surface area contributed by atoms with Crippen LogP contribution in [0.5, 0.6) is 0 Å². The summed E-state index contributed by atoms with van der Waals surface area (Å²) in [6.45, 7) is 5.23. The van der Waals surface area contributed by atoms with E-state index in [1.165, 1.54) is 4.70 Å². The first-order valence-corrected chi connectivity index (χ1v) is 10.6. The first kappa shape index (κ1) is 18.4. The van der Waals surface area contributed by atoms with Crippen LogP contribution in [0.15, 0.2) is 47.8 Å². The molecule has 136 valence electrons. The van der Waals surface area contributed by atoms with Crippen LogP contribution in [0.3, 0.4) is 0 Å². The molecule has 26 heavy (non-hydrogen) atoms. The van der Waals surface area contributed by atoms with Crippen LogP contribution in [0.25, 0.3) is 10.1 Å². The third-order valence-electron chi connectivity index (χ3n) is 4.02. The van der Waals surface area contributed by atoms with E-state index in [1.54, 1.807) is 49.4 Å². The Kier molecular flexibility index (Phi) is 5.02. The second-order valence-electron chi connectivity index (χ2n) is 6.36. The smallest absolute Gasteiger partial charge is 0.255 e. The maximum Gasteiger partial charge on any atom is 0.255 e. The van der Waals surface area contributed by atoms with E-state index in [4.69, 9.17) is 0 Å². The van der Waals surface area contributed by atoms with Crippen LogP contribution < -0.4 is 10.0 Å². The number of hydrogen-bond acceptors (Lipinski definition) is 4. The summed E-state index contributed by atoms with van der Waals surface area (Å²) < 4.78 is 27.5. The van der Waals surface area contributed by atoms with Crippen molar-refractivity contribution in [2.24, 2.45) is 0 Å². The summed E-state index contributed by atoms with van der Waals surface area (Å²) in [5.41, 5.74) is 2.75. The Labute approximate surface area is 157 Å². The van der Waals surface area contributed by atoms with Gasteiger partial charge in [-0.1, -0.05) is 0 Å². The van der Waals surface area contributed by atoms with Crippen molar-refractivity contribution in [2.75, 3.05) is 10.0 Å². The SMILES string of the molecule is Cc1cc(NC(=O)c2ccc(NS(=O)(=O)C(C)C)cc2)cc2ccsc12. The lowest BCUT2D eigenvalue weighted by molar-refractivity contribution is 0.102. The Morgan fingerprint density at radius 1 is 1.04 bits per heavy atom. The van der Waals surface area contributed by atoms with Gasteiger partial charge in [-0.2, -0.15) is 0 Å². The third-order valence-corrected chi connectivity index (χ3v) is 6.85. The van der Waals surface area contributed by atoms with Crippen LogP contribution in [-0.4, -0.2) is 19.6 Å². The van der Waals surface area contributed by atoms with E-state index in [9.17, 15) is 13.2 Å². The number of amides is 1. The number of nitrogens with one attached hydrogen (secondary N) is 2. The number of carbonyl (C=O) groups is 1. The van der Waals surface area contributed by atoms with Gasteiger partial charge in [-0.25, -0.2) is 8.42 Å². The van der Waals surface area contributed by atoms with Crippen LogP contribution in [0.1, 0.15) is 29.8 Å². The van der Waals surface area contributed by atoms with Gasteiger partial charge in [-0.05, 0) is 79.6 Å². The Morgan fingerprint density at radius 2 is 1.73 bits per heavy atom. The molecule has 2 N–H and O–H groups in total. The molecule has 0 atom stereocenters. The number of anilines is 2. The fourth-order valence-corrected chi connectivity index (χ4v) is 4.07. The Morgan fingerprint density at radius 3 is 2.38 bits per heavy atom. The normalized spacial score (nSPS) is 11.7. The number of rotatable bonds is 5. The zero-order valence-electron chi connectivity index (χ0n) is 14.7. The topological polar surface area (TPSA) is 75.3 Å². The van der Waals surface area contributed by atoms with E-state index in [0.29, 0.717) is 11.3 Å². The molecule has 0 aliphatic rings. The average Bonchev–Trinajstić information content (AvgIpc) is 3.04. The van der Waals surface area contributed by atoms with Crippen molar-refractivity contribution in [1.82, 2.24) is 0 Å². The minimum absolute atomic E-state index is 0.239. The fourth-order valence-electron chi connectivity index (χ4n) is 2.51. The fraction of sp³-hybridized carbons (Fsp3) is 0.211. The lowest BCUT2D eigenvalue weighted by atomic mass is 10.1. The van der Waals surface area contributed by atoms with Crippen LogP contribution in [0.4, 0.5) is 11.4 Å². The van der Waals surface area contributed by atoms with Crippen molar-refractivity contribution in [2.45, 2.75) is 26.0 Å². The standard InChI is InChI=1S/C19H20N2O3S2/c1-12(2)26(23,24)21-16-6-4-14(5-7-16)19(22)20-17-10-13(3)18-15(11-17)8-9-25-18/h4-12,21H,1-3H3,(H,20,22). The second-order valence-corrected chi connectivity index (χ2v) is 9.51. The first-order valence-electron chi connectivity index (χ1n) is 8.17. The molecule has 0 saturated heterocycles. The second kappa shape index (κ2) is 7.09. The van der Waals surface area contributed by atoms with Gasteiger partial charge in [0, 0.05) is 21.6 Å². The van der Waals surface area contributed by atoms with Gasteiger partial charge in [-0.3, -0.25) is 9.52 Å². The number of fused-ring (bicyclic) bond motifs is 1. The van der Waals surface area contributed by atoms with Crippen molar-refractivity contribution in [3.63, 3.8) is 0 Å². The highest BCUT2D eigenvalue weighted by atomic mass is 32.2. The van der Waals surface area contributed by atoms with E-state index in [-0.39, 0.29) is 5.91 Å². The minimum atomic E-state index is -3.40. The van der Waals surface area contributed by atoms with Crippen molar-refractivity contribution in [3.05, 3.63) is 59.0 Å². The summed E-state index contributed by atoms with van der Waals surface area (Å²) in [5, 5.41) is 5.50. The van der Waals surface area contributed by atoms with Crippen molar-refractivity contribution in [1.29, 1.82) is 0 Å². The van der Waals surface area contributed by atoms with E-state index in [1.807, 2.05) is 30.5 Å². The monoisotopic (exact) mass is 388 g/mol. The van der Waals surface area contributed by atoms with Crippen molar-refractivity contribution in [3.8, 4) is 0 Å². The highest BCUT2D eigenvalue weighted by Crippen LogP contribution is 2.28. The number of sulfonamides is 1. The molecule has 5 nitrogen and oxygen atoms in total. The minimum Gasteiger partial charge on any atom is -0.322 e. The summed E-state index contributed by atoms with van der Waals surface area (Å²) in [6.07, 6.45) is 0. The molecule has 0 aliphatic carbocycles. The van der Waals surface area contributed by atoms with Gasteiger partial charge >= 0.3 is 0 Å². The summed E-state index contributed by atoms with van der Waals surface area (Å²) in [5.74, 6) is -0.239. The Bertz CT molecular complexity index is 1050. The molecule has 0 fully saturated rings. The van der Waals surface area contributed by atoms with E-state index in [2.05, 4.69) is 10.0 Å². The van der Waals surface area contributed by atoms with Crippen LogP contribution >= 0.6 is 11.3 Å². The van der Waals surface area contributed by atoms with Gasteiger partial charge in [0.15, 0.2) is 0 Å². The molecule has 0 saturated carbocycles. The molecule has 1 heterocycles. The predicted octanol–water partition coefficient (Wildman–Crippen LogP) is 4.61. The van der Waals surface area contributed by atoms with E-state index in [0.717, 1.165) is 16.6 Å². The van der Waals surface area contributed by atoms with Gasteiger partial charge in [0.05, 0.1) is 5.25 Å². The van der Waals surface area contributed by atoms with Gasteiger partial charge in [0.1, 0.15) is 0 Å².